The van der Waals surface area contributed by atoms with Gasteiger partial charge in [-0.2, -0.15) is 0 Å². The number of ether oxygens (including phenoxy) is 1. The Balaban J connectivity index is 2.65. The van der Waals surface area contributed by atoms with Crippen LogP contribution < -0.4 is 5.73 Å². The number of benzene rings is 1. The first-order chi connectivity index (χ1) is 9.86. The third-order valence-electron chi connectivity index (χ3n) is 3.07. The van der Waals surface area contributed by atoms with Crippen LogP contribution in [-0.4, -0.2) is 58.3 Å². The minimum Gasteiger partial charge on any atom is -0.384 e. The zero-order valence-corrected chi connectivity index (χ0v) is 13.3. The summed E-state index contributed by atoms with van der Waals surface area (Å²) in [7, 11) is -1.52. The zero-order valence-electron chi connectivity index (χ0n) is 12.5. The molecule has 0 atom stereocenters. The summed E-state index contributed by atoms with van der Waals surface area (Å²) in [5, 5.41) is 7.36. The highest BCUT2D eigenvalue weighted by Crippen LogP contribution is 2.13. The maximum absolute atomic E-state index is 12.3. The Labute approximate surface area is 126 Å². The van der Waals surface area contributed by atoms with E-state index in [1.54, 1.807) is 12.1 Å². The van der Waals surface area contributed by atoms with Crippen LogP contribution in [0.4, 0.5) is 0 Å². The number of nitrogens with two attached hydrogens (primary N) is 1. The molecule has 0 aliphatic carbocycles. The Morgan fingerprint density at radius 1 is 1.38 bits per heavy atom. The molecule has 0 aliphatic heterocycles. The van der Waals surface area contributed by atoms with Crippen LogP contribution in [0.25, 0.3) is 0 Å². The van der Waals surface area contributed by atoms with Crippen LogP contribution in [0.5, 0.6) is 0 Å². The summed E-state index contributed by atoms with van der Waals surface area (Å²) < 4.78 is 29.8. The fraction of sp³-hybridized carbons (Fsp3) is 0.500. The highest BCUT2D eigenvalue weighted by Gasteiger charge is 2.16. The molecule has 0 radical (unpaired) electrons. The molecule has 1 aromatic rings. The monoisotopic (exact) mass is 313 g/mol. The van der Waals surface area contributed by atoms with E-state index in [1.807, 2.05) is 18.9 Å². The van der Waals surface area contributed by atoms with Gasteiger partial charge in [-0.1, -0.05) is 12.1 Å². The van der Waals surface area contributed by atoms with E-state index in [1.165, 1.54) is 12.1 Å². The van der Waals surface area contributed by atoms with Crippen LogP contribution in [0, 0.1) is 5.41 Å². The van der Waals surface area contributed by atoms with E-state index < -0.39 is 9.84 Å². The number of hydrogen-bond acceptors (Lipinski definition) is 5. The van der Waals surface area contributed by atoms with Crippen molar-refractivity contribution in [2.75, 3.05) is 39.1 Å². The Morgan fingerprint density at radius 2 is 2.10 bits per heavy atom. The van der Waals surface area contributed by atoms with Crippen molar-refractivity contribution in [3.05, 3.63) is 29.8 Å². The molecule has 0 heterocycles. The van der Waals surface area contributed by atoms with Gasteiger partial charge in [0.05, 0.1) is 17.3 Å². The molecule has 7 heteroatoms. The number of nitrogens with zero attached hydrogens (tertiary/aromatic N) is 1. The quantitative estimate of drug-likeness (QED) is 0.398. The molecule has 0 saturated carbocycles. The van der Waals surface area contributed by atoms with Crippen LogP contribution in [-0.2, 0) is 14.6 Å². The molecular formula is C14H23N3O3S. The van der Waals surface area contributed by atoms with E-state index in [4.69, 9.17) is 15.9 Å². The molecule has 0 aliphatic rings. The fourth-order valence-corrected chi connectivity index (χ4v) is 3.11. The van der Waals surface area contributed by atoms with Crippen molar-refractivity contribution >= 4 is 15.7 Å². The summed E-state index contributed by atoms with van der Waals surface area (Å²) >= 11 is 0. The number of amidine groups is 1. The lowest BCUT2D eigenvalue weighted by molar-refractivity contribution is 0.124. The average Bonchev–Trinajstić information content (AvgIpc) is 2.45. The summed E-state index contributed by atoms with van der Waals surface area (Å²) in [6.07, 6.45) is 0. The second-order valence-electron chi connectivity index (χ2n) is 4.76. The Hall–Kier alpha value is -1.44. The largest absolute Gasteiger partial charge is 0.384 e. The predicted molar refractivity (Wildman–Crippen MR) is 83.5 cm³/mol. The number of nitrogen functional groups attached to an aromatic ring is 1. The van der Waals surface area contributed by atoms with Gasteiger partial charge in [0.25, 0.3) is 0 Å². The van der Waals surface area contributed by atoms with Crippen LogP contribution in [0.1, 0.15) is 12.5 Å². The van der Waals surface area contributed by atoms with E-state index in [0.29, 0.717) is 31.9 Å². The third-order valence-corrected chi connectivity index (χ3v) is 4.76. The molecule has 0 bridgehead atoms. The number of rotatable bonds is 9. The zero-order chi connectivity index (χ0) is 15.9. The molecular weight excluding hydrogens is 290 g/mol. The maximum Gasteiger partial charge on any atom is 0.179 e. The fourth-order valence-electron chi connectivity index (χ4n) is 1.73. The SMILES string of the molecule is CCOCCN(C)CCS(=O)(=O)c1cccc(C(=N)N)c1. The highest BCUT2D eigenvalue weighted by atomic mass is 32.2. The molecule has 21 heavy (non-hydrogen) atoms. The van der Waals surface area contributed by atoms with E-state index in [2.05, 4.69) is 0 Å². The second-order valence-corrected chi connectivity index (χ2v) is 6.87. The minimum absolute atomic E-state index is 0.0248. The molecule has 0 saturated heterocycles. The topological polar surface area (TPSA) is 96.5 Å². The van der Waals surface area contributed by atoms with E-state index in [9.17, 15) is 8.42 Å². The number of nitrogens with one attached hydrogen (secondary N) is 1. The molecule has 3 N–H and O–H groups in total. The van der Waals surface area contributed by atoms with Crippen LogP contribution in [0.3, 0.4) is 0 Å². The molecule has 1 aromatic carbocycles. The van der Waals surface area contributed by atoms with Crippen molar-refractivity contribution in [1.82, 2.24) is 4.90 Å². The van der Waals surface area contributed by atoms with E-state index in [-0.39, 0.29) is 16.5 Å². The first-order valence-corrected chi connectivity index (χ1v) is 8.45. The van der Waals surface area contributed by atoms with Crippen molar-refractivity contribution in [3.63, 3.8) is 0 Å². The lowest BCUT2D eigenvalue weighted by Crippen LogP contribution is -2.29. The molecule has 1 rings (SSSR count). The maximum atomic E-state index is 12.3. The summed E-state index contributed by atoms with van der Waals surface area (Å²) in [5.74, 6) is -0.113. The van der Waals surface area contributed by atoms with E-state index in [0.717, 1.165) is 0 Å². The first kappa shape index (κ1) is 17.6. The van der Waals surface area contributed by atoms with Crippen molar-refractivity contribution in [1.29, 1.82) is 5.41 Å². The molecule has 6 nitrogen and oxygen atoms in total. The minimum atomic E-state index is -3.38. The summed E-state index contributed by atoms with van der Waals surface area (Å²) in [6, 6.07) is 6.19. The molecule has 0 unspecified atom stereocenters. The lowest BCUT2D eigenvalue weighted by Gasteiger charge is -2.16. The van der Waals surface area contributed by atoms with Crippen molar-refractivity contribution in [2.24, 2.45) is 5.73 Å². The van der Waals surface area contributed by atoms with Crippen molar-refractivity contribution in [3.8, 4) is 0 Å². The number of hydrogen-bond donors (Lipinski definition) is 2. The van der Waals surface area contributed by atoms with Crippen LogP contribution in [0.15, 0.2) is 29.2 Å². The van der Waals surface area contributed by atoms with Gasteiger partial charge >= 0.3 is 0 Å². The molecule has 0 amide bonds. The molecule has 118 valence electrons. The second kappa shape index (κ2) is 8.11. The van der Waals surface area contributed by atoms with Crippen LogP contribution in [0.2, 0.25) is 0 Å². The predicted octanol–water partition coefficient (Wildman–Crippen LogP) is 0.713. The number of likely N-dealkylation sites (N-methyl/N-ethyl adjacent to an activating group) is 1. The van der Waals surface area contributed by atoms with Gasteiger partial charge in [0, 0.05) is 25.3 Å². The van der Waals surface area contributed by atoms with Crippen LogP contribution >= 0.6 is 0 Å². The third kappa shape index (κ3) is 5.82. The van der Waals surface area contributed by atoms with Crippen molar-refractivity contribution < 1.29 is 13.2 Å². The Bertz CT molecular complexity index is 573. The normalized spacial score (nSPS) is 11.8. The average molecular weight is 313 g/mol. The van der Waals surface area contributed by atoms with Gasteiger partial charge in [-0.15, -0.1) is 0 Å². The van der Waals surface area contributed by atoms with Gasteiger partial charge in [0.2, 0.25) is 0 Å². The van der Waals surface area contributed by atoms with Gasteiger partial charge in [-0.05, 0) is 26.1 Å². The Morgan fingerprint density at radius 3 is 2.71 bits per heavy atom. The molecule has 0 fully saturated rings. The van der Waals surface area contributed by atoms with Gasteiger partial charge in [-0.3, -0.25) is 5.41 Å². The van der Waals surface area contributed by atoms with Gasteiger partial charge < -0.3 is 15.4 Å². The van der Waals surface area contributed by atoms with Gasteiger partial charge in [-0.25, -0.2) is 8.42 Å². The molecule has 0 spiro atoms. The Kier molecular flexibility index (Phi) is 6.80. The smallest absolute Gasteiger partial charge is 0.179 e. The summed E-state index contributed by atoms with van der Waals surface area (Å²) in [4.78, 5) is 2.12. The van der Waals surface area contributed by atoms with E-state index >= 15 is 0 Å². The van der Waals surface area contributed by atoms with Crippen molar-refractivity contribution in [2.45, 2.75) is 11.8 Å². The molecule has 0 aromatic heterocycles. The highest BCUT2D eigenvalue weighted by molar-refractivity contribution is 7.91. The number of sulfone groups is 1. The summed E-state index contributed by atoms with van der Waals surface area (Å²) in [5.41, 5.74) is 5.80. The van der Waals surface area contributed by atoms with Gasteiger partial charge in [0.15, 0.2) is 9.84 Å². The van der Waals surface area contributed by atoms with Gasteiger partial charge in [0.1, 0.15) is 5.84 Å². The summed E-state index contributed by atoms with van der Waals surface area (Å²) in [6.45, 7) is 4.29. The standard InChI is InChI=1S/C14H23N3O3S/c1-3-20-9-7-17(2)8-10-21(18,19)13-6-4-5-12(11-13)14(15)16/h4-6,11H,3,7-10H2,1-2H3,(H3,15,16). The lowest BCUT2D eigenvalue weighted by atomic mass is 10.2. The first-order valence-electron chi connectivity index (χ1n) is 6.80.